The topological polar surface area (TPSA) is 50.1 Å². The summed E-state index contributed by atoms with van der Waals surface area (Å²) in [4.78, 5) is 11.2. The van der Waals surface area contributed by atoms with Crippen LogP contribution in [0.25, 0.3) is 0 Å². The Hall–Kier alpha value is -0.950. The highest BCUT2D eigenvalue weighted by Crippen LogP contribution is 2.40. The zero-order valence-electron chi connectivity index (χ0n) is 10.3. The summed E-state index contributed by atoms with van der Waals surface area (Å²) in [5, 5.41) is 8.93. The van der Waals surface area contributed by atoms with Crippen molar-refractivity contribution >= 4 is 40.3 Å². The van der Waals surface area contributed by atoms with Crippen LogP contribution in [0.2, 0.25) is 0 Å². The molecule has 0 fully saturated rings. The molecule has 0 aliphatic heterocycles. The van der Waals surface area contributed by atoms with E-state index in [9.17, 15) is 18.0 Å². The SMILES string of the molecule is CCOC(=O)Cc1cc(I)c(C#N)c(SC(F)(F)F)c1. The molecule has 1 rings (SSSR count). The standard InChI is InChI=1S/C12H9F3INO2S/c1-2-19-11(18)5-7-3-9(16)8(6-17)10(4-7)20-12(13,14)15/h3-4H,2,5H2,1H3. The third kappa shape index (κ3) is 5.20. The summed E-state index contributed by atoms with van der Waals surface area (Å²) in [6, 6.07) is 4.46. The van der Waals surface area contributed by atoms with Crippen LogP contribution in [0.5, 0.6) is 0 Å². The fourth-order valence-electron chi connectivity index (χ4n) is 1.43. The predicted molar refractivity (Wildman–Crippen MR) is 76.1 cm³/mol. The monoisotopic (exact) mass is 415 g/mol. The summed E-state index contributed by atoms with van der Waals surface area (Å²) in [5.41, 5.74) is -4.14. The minimum Gasteiger partial charge on any atom is -0.466 e. The number of carbonyl (C=O) groups is 1. The number of ether oxygens (including phenoxy) is 1. The summed E-state index contributed by atoms with van der Waals surface area (Å²) >= 11 is 1.42. The zero-order chi connectivity index (χ0) is 15.3. The minimum absolute atomic E-state index is 0.0412. The lowest BCUT2D eigenvalue weighted by atomic mass is 10.1. The van der Waals surface area contributed by atoms with Gasteiger partial charge in [-0.3, -0.25) is 4.79 Å². The van der Waals surface area contributed by atoms with Crippen molar-refractivity contribution in [1.29, 1.82) is 5.26 Å². The van der Waals surface area contributed by atoms with E-state index in [0.29, 0.717) is 9.13 Å². The number of alkyl halides is 3. The first kappa shape index (κ1) is 17.1. The molecular weight excluding hydrogens is 406 g/mol. The van der Waals surface area contributed by atoms with E-state index in [-0.39, 0.29) is 35.2 Å². The Balaban J connectivity index is 3.12. The molecule has 0 saturated heterocycles. The van der Waals surface area contributed by atoms with Gasteiger partial charge in [0.2, 0.25) is 0 Å². The van der Waals surface area contributed by atoms with Crippen molar-refractivity contribution in [1.82, 2.24) is 0 Å². The molecule has 3 nitrogen and oxygen atoms in total. The molecule has 108 valence electrons. The first-order valence-corrected chi connectivity index (χ1v) is 7.30. The molecule has 0 radical (unpaired) electrons. The summed E-state index contributed by atoms with van der Waals surface area (Å²) in [5.74, 6) is -0.518. The maximum Gasteiger partial charge on any atom is 0.446 e. The fraction of sp³-hybridized carbons (Fsp3) is 0.333. The number of nitrogens with zero attached hydrogens (tertiary/aromatic N) is 1. The summed E-state index contributed by atoms with van der Waals surface area (Å²) < 4.78 is 42.5. The average molecular weight is 415 g/mol. The third-order valence-corrected chi connectivity index (χ3v) is 3.73. The minimum atomic E-state index is -4.49. The molecule has 0 spiro atoms. The zero-order valence-corrected chi connectivity index (χ0v) is 13.2. The summed E-state index contributed by atoms with van der Waals surface area (Å²) in [6.45, 7) is 1.85. The lowest BCUT2D eigenvalue weighted by Crippen LogP contribution is -2.09. The lowest BCUT2D eigenvalue weighted by molar-refractivity contribution is -0.142. The van der Waals surface area contributed by atoms with Crippen molar-refractivity contribution in [2.75, 3.05) is 6.61 Å². The lowest BCUT2D eigenvalue weighted by Gasteiger charge is -2.11. The molecule has 0 aromatic heterocycles. The Kier molecular flexibility index (Phi) is 6.13. The van der Waals surface area contributed by atoms with E-state index in [2.05, 4.69) is 0 Å². The van der Waals surface area contributed by atoms with Gasteiger partial charge in [0.15, 0.2) is 0 Å². The molecule has 0 N–H and O–H groups in total. The Bertz CT molecular complexity index is 555. The van der Waals surface area contributed by atoms with Crippen LogP contribution in [-0.4, -0.2) is 18.1 Å². The predicted octanol–water partition coefficient (Wildman–Crippen LogP) is 3.88. The second kappa shape index (κ2) is 7.17. The van der Waals surface area contributed by atoms with E-state index in [4.69, 9.17) is 10.00 Å². The van der Waals surface area contributed by atoms with Crippen LogP contribution in [-0.2, 0) is 16.0 Å². The van der Waals surface area contributed by atoms with Crippen molar-refractivity contribution < 1.29 is 22.7 Å². The second-order valence-electron chi connectivity index (χ2n) is 3.59. The number of benzene rings is 1. The number of halogens is 4. The molecule has 0 bridgehead atoms. The molecule has 1 aromatic rings. The van der Waals surface area contributed by atoms with Gasteiger partial charge < -0.3 is 4.74 Å². The maximum atomic E-state index is 12.5. The molecule has 0 saturated carbocycles. The maximum absolute atomic E-state index is 12.5. The van der Waals surface area contributed by atoms with E-state index in [1.807, 2.05) is 0 Å². The molecule has 1 aromatic carbocycles. The van der Waals surface area contributed by atoms with Crippen molar-refractivity contribution in [3.63, 3.8) is 0 Å². The number of hydrogen-bond donors (Lipinski definition) is 0. The molecular formula is C12H9F3INO2S. The molecule has 0 amide bonds. The number of carbonyl (C=O) groups excluding carboxylic acids is 1. The Labute approximate surface area is 131 Å². The second-order valence-corrected chi connectivity index (χ2v) is 5.86. The number of rotatable bonds is 4. The van der Waals surface area contributed by atoms with Gasteiger partial charge in [-0.2, -0.15) is 18.4 Å². The molecule has 0 unspecified atom stereocenters. The van der Waals surface area contributed by atoms with Gasteiger partial charge in [0.25, 0.3) is 0 Å². The molecule has 0 aliphatic rings. The molecule has 0 aliphatic carbocycles. The Morgan fingerprint density at radius 2 is 2.15 bits per heavy atom. The van der Waals surface area contributed by atoms with Crippen LogP contribution >= 0.6 is 34.4 Å². The van der Waals surface area contributed by atoms with Crippen molar-refractivity contribution in [2.45, 2.75) is 23.7 Å². The highest BCUT2D eigenvalue weighted by molar-refractivity contribution is 14.1. The smallest absolute Gasteiger partial charge is 0.446 e. The number of thioether (sulfide) groups is 1. The van der Waals surface area contributed by atoms with E-state index in [1.165, 1.54) is 12.1 Å². The molecule has 20 heavy (non-hydrogen) atoms. The highest BCUT2D eigenvalue weighted by atomic mass is 127. The van der Waals surface area contributed by atoms with E-state index < -0.39 is 11.5 Å². The molecule has 0 atom stereocenters. The normalized spacial score (nSPS) is 11.0. The molecule has 0 heterocycles. The van der Waals surface area contributed by atoms with E-state index in [0.717, 1.165) is 0 Å². The third-order valence-electron chi connectivity index (χ3n) is 2.11. The van der Waals surface area contributed by atoms with Gasteiger partial charge in [-0.25, -0.2) is 0 Å². The van der Waals surface area contributed by atoms with E-state index in [1.54, 1.807) is 35.6 Å². The molecule has 8 heteroatoms. The van der Waals surface area contributed by atoms with Crippen molar-refractivity contribution in [3.8, 4) is 6.07 Å². The highest BCUT2D eigenvalue weighted by Gasteiger charge is 2.31. The van der Waals surface area contributed by atoms with Crippen LogP contribution < -0.4 is 0 Å². The Morgan fingerprint density at radius 1 is 1.50 bits per heavy atom. The van der Waals surface area contributed by atoms with E-state index >= 15 is 0 Å². The summed E-state index contributed by atoms with van der Waals surface area (Å²) in [7, 11) is 0. The number of nitriles is 1. The first-order chi connectivity index (χ1) is 9.26. The first-order valence-electron chi connectivity index (χ1n) is 5.40. The fourth-order valence-corrected chi connectivity index (χ4v) is 3.14. The quantitative estimate of drug-likeness (QED) is 0.426. The van der Waals surface area contributed by atoms with Crippen LogP contribution in [0.4, 0.5) is 13.2 Å². The van der Waals surface area contributed by atoms with Crippen LogP contribution in [0, 0.1) is 14.9 Å². The van der Waals surface area contributed by atoms with Gasteiger partial charge in [0, 0.05) is 8.47 Å². The van der Waals surface area contributed by atoms with Gasteiger partial charge >= 0.3 is 11.5 Å². The number of hydrogen-bond acceptors (Lipinski definition) is 4. The van der Waals surface area contributed by atoms with Crippen molar-refractivity contribution in [3.05, 3.63) is 26.8 Å². The van der Waals surface area contributed by atoms with Gasteiger partial charge in [0.1, 0.15) is 6.07 Å². The van der Waals surface area contributed by atoms with Crippen LogP contribution in [0.15, 0.2) is 17.0 Å². The summed E-state index contributed by atoms with van der Waals surface area (Å²) in [6.07, 6.45) is -0.124. The number of esters is 1. The average Bonchev–Trinajstić information content (AvgIpc) is 2.26. The van der Waals surface area contributed by atoms with Crippen LogP contribution in [0.1, 0.15) is 18.1 Å². The van der Waals surface area contributed by atoms with Gasteiger partial charge in [-0.05, 0) is 59.0 Å². The van der Waals surface area contributed by atoms with Gasteiger partial charge in [0.05, 0.1) is 18.6 Å². The van der Waals surface area contributed by atoms with Gasteiger partial charge in [-0.1, -0.05) is 0 Å². The van der Waals surface area contributed by atoms with Gasteiger partial charge in [-0.15, -0.1) is 0 Å². The van der Waals surface area contributed by atoms with Crippen molar-refractivity contribution in [2.24, 2.45) is 0 Å². The van der Waals surface area contributed by atoms with Crippen LogP contribution in [0.3, 0.4) is 0 Å². The Morgan fingerprint density at radius 3 is 2.65 bits per heavy atom. The largest absolute Gasteiger partial charge is 0.466 e.